The summed E-state index contributed by atoms with van der Waals surface area (Å²) < 4.78 is 4.84. The predicted octanol–water partition coefficient (Wildman–Crippen LogP) is 0.541. The van der Waals surface area contributed by atoms with E-state index in [0.717, 1.165) is 0 Å². The monoisotopic (exact) mass is 310 g/mol. The Bertz CT molecular complexity index is 553. The zero-order valence-corrected chi connectivity index (χ0v) is 13.5. The topological polar surface area (TPSA) is 105 Å². The lowest BCUT2D eigenvalue weighted by molar-refractivity contribution is -0.138. The molecule has 0 aromatic carbocycles. The van der Waals surface area contributed by atoms with Crippen molar-refractivity contribution in [3.63, 3.8) is 0 Å². The average Bonchev–Trinajstić information content (AvgIpc) is 2.79. The Morgan fingerprint density at radius 3 is 2.45 bits per heavy atom. The SMILES string of the molecule is CC(=O)NC(C(=O)N(C)CC(=O)Nc1cc(C)on1)C(C)C. The molecule has 1 atom stereocenters. The van der Waals surface area contributed by atoms with Crippen molar-refractivity contribution in [3.05, 3.63) is 11.8 Å². The van der Waals surface area contributed by atoms with Crippen molar-refractivity contribution >= 4 is 23.5 Å². The lowest BCUT2D eigenvalue weighted by Gasteiger charge is -2.26. The molecule has 3 amide bonds. The number of rotatable bonds is 6. The summed E-state index contributed by atoms with van der Waals surface area (Å²) in [4.78, 5) is 36.6. The van der Waals surface area contributed by atoms with Gasteiger partial charge in [0.1, 0.15) is 11.8 Å². The number of aromatic nitrogens is 1. The zero-order valence-electron chi connectivity index (χ0n) is 13.5. The summed E-state index contributed by atoms with van der Waals surface area (Å²) in [6.45, 7) is 6.56. The standard InChI is InChI=1S/C14H22N4O4/c1-8(2)13(15-10(4)19)14(21)18(5)7-12(20)16-11-6-9(3)22-17-11/h6,8,13H,7H2,1-5H3,(H,15,19)(H,16,17,20). The summed E-state index contributed by atoms with van der Waals surface area (Å²) in [6.07, 6.45) is 0. The first-order valence-electron chi connectivity index (χ1n) is 6.96. The van der Waals surface area contributed by atoms with Crippen LogP contribution in [0.25, 0.3) is 0 Å². The van der Waals surface area contributed by atoms with Gasteiger partial charge in [-0.2, -0.15) is 0 Å². The molecule has 0 bridgehead atoms. The number of likely N-dealkylation sites (N-methyl/N-ethyl adjacent to an activating group) is 1. The van der Waals surface area contributed by atoms with E-state index in [1.807, 2.05) is 13.8 Å². The molecule has 8 nitrogen and oxygen atoms in total. The highest BCUT2D eigenvalue weighted by Gasteiger charge is 2.27. The van der Waals surface area contributed by atoms with E-state index in [0.29, 0.717) is 11.6 Å². The second kappa shape index (κ2) is 7.58. The number of carbonyl (C=O) groups excluding carboxylic acids is 3. The highest BCUT2D eigenvalue weighted by Crippen LogP contribution is 2.08. The molecule has 1 unspecified atom stereocenters. The summed E-state index contributed by atoms with van der Waals surface area (Å²) in [6, 6.07) is 0.915. The smallest absolute Gasteiger partial charge is 0.245 e. The van der Waals surface area contributed by atoms with E-state index in [1.165, 1.54) is 18.9 Å². The molecule has 1 rings (SSSR count). The molecular formula is C14H22N4O4. The van der Waals surface area contributed by atoms with E-state index < -0.39 is 11.9 Å². The minimum absolute atomic E-state index is 0.0832. The molecule has 1 aromatic heterocycles. The molecule has 22 heavy (non-hydrogen) atoms. The second-order valence-electron chi connectivity index (χ2n) is 5.49. The van der Waals surface area contributed by atoms with Gasteiger partial charge in [-0.25, -0.2) is 0 Å². The summed E-state index contributed by atoms with van der Waals surface area (Å²) in [7, 11) is 1.51. The van der Waals surface area contributed by atoms with Gasteiger partial charge in [-0.15, -0.1) is 0 Å². The molecular weight excluding hydrogens is 288 g/mol. The Hall–Kier alpha value is -2.38. The van der Waals surface area contributed by atoms with Crippen LogP contribution in [0.4, 0.5) is 5.82 Å². The summed E-state index contributed by atoms with van der Waals surface area (Å²) in [5, 5.41) is 8.77. The minimum Gasteiger partial charge on any atom is -0.360 e. The maximum absolute atomic E-state index is 12.3. The quantitative estimate of drug-likeness (QED) is 0.798. The molecule has 0 aliphatic carbocycles. The van der Waals surface area contributed by atoms with Gasteiger partial charge in [-0.1, -0.05) is 19.0 Å². The van der Waals surface area contributed by atoms with Crippen molar-refractivity contribution in [2.24, 2.45) is 5.92 Å². The van der Waals surface area contributed by atoms with E-state index in [4.69, 9.17) is 4.52 Å². The number of hydrogen-bond acceptors (Lipinski definition) is 5. The minimum atomic E-state index is -0.662. The zero-order chi connectivity index (χ0) is 16.9. The molecule has 0 radical (unpaired) electrons. The molecule has 0 saturated carbocycles. The normalized spacial score (nSPS) is 11.9. The van der Waals surface area contributed by atoms with E-state index in [1.54, 1.807) is 13.0 Å². The third-order valence-corrected chi connectivity index (χ3v) is 2.94. The third-order valence-electron chi connectivity index (χ3n) is 2.94. The van der Waals surface area contributed by atoms with Crippen LogP contribution in [0.1, 0.15) is 26.5 Å². The number of amides is 3. The van der Waals surface area contributed by atoms with Crippen LogP contribution < -0.4 is 10.6 Å². The maximum Gasteiger partial charge on any atom is 0.245 e. The van der Waals surface area contributed by atoms with Crippen molar-refractivity contribution in [2.45, 2.75) is 33.7 Å². The molecule has 0 fully saturated rings. The number of nitrogens with one attached hydrogen (secondary N) is 2. The Labute approximate surface area is 129 Å². The molecule has 0 aliphatic heterocycles. The van der Waals surface area contributed by atoms with Gasteiger partial charge in [-0.3, -0.25) is 14.4 Å². The highest BCUT2D eigenvalue weighted by molar-refractivity contribution is 5.95. The van der Waals surface area contributed by atoms with Crippen LogP contribution in [0.2, 0.25) is 0 Å². The van der Waals surface area contributed by atoms with Gasteiger partial charge in [0.05, 0.1) is 6.54 Å². The lowest BCUT2D eigenvalue weighted by Crippen LogP contribution is -2.51. The van der Waals surface area contributed by atoms with Gasteiger partial charge >= 0.3 is 0 Å². The van der Waals surface area contributed by atoms with E-state index in [9.17, 15) is 14.4 Å². The van der Waals surface area contributed by atoms with Gasteiger partial charge in [0.25, 0.3) is 0 Å². The molecule has 2 N–H and O–H groups in total. The van der Waals surface area contributed by atoms with Crippen LogP contribution in [0, 0.1) is 12.8 Å². The Kier molecular flexibility index (Phi) is 6.09. The van der Waals surface area contributed by atoms with Gasteiger partial charge < -0.3 is 20.1 Å². The Morgan fingerprint density at radius 2 is 2.00 bits per heavy atom. The number of hydrogen-bond donors (Lipinski definition) is 2. The van der Waals surface area contributed by atoms with Crippen molar-refractivity contribution in [3.8, 4) is 0 Å². The number of carbonyl (C=O) groups is 3. The van der Waals surface area contributed by atoms with Crippen LogP contribution >= 0.6 is 0 Å². The molecule has 0 aliphatic rings. The van der Waals surface area contributed by atoms with Gasteiger partial charge in [0, 0.05) is 20.0 Å². The van der Waals surface area contributed by atoms with E-state index in [-0.39, 0.29) is 24.3 Å². The van der Waals surface area contributed by atoms with Crippen molar-refractivity contribution in [2.75, 3.05) is 18.9 Å². The molecule has 1 heterocycles. The largest absolute Gasteiger partial charge is 0.360 e. The molecule has 0 spiro atoms. The number of aryl methyl sites for hydroxylation is 1. The van der Waals surface area contributed by atoms with Crippen LogP contribution in [0.15, 0.2) is 10.6 Å². The van der Waals surface area contributed by atoms with Crippen LogP contribution in [0.3, 0.4) is 0 Å². The summed E-state index contributed by atoms with van der Waals surface area (Å²) >= 11 is 0. The first-order valence-corrected chi connectivity index (χ1v) is 6.96. The Balaban J connectivity index is 2.61. The first kappa shape index (κ1) is 17.7. The van der Waals surface area contributed by atoms with Gasteiger partial charge in [0.2, 0.25) is 17.7 Å². The molecule has 0 saturated heterocycles. The molecule has 8 heteroatoms. The first-order chi connectivity index (χ1) is 10.2. The molecule has 1 aromatic rings. The molecule has 122 valence electrons. The van der Waals surface area contributed by atoms with Crippen molar-refractivity contribution < 1.29 is 18.9 Å². The fourth-order valence-corrected chi connectivity index (χ4v) is 1.87. The number of anilines is 1. The van der Waals surface area contributed by atoms with Crippen LogP contribution in [-0.2, 0) is 14.4 Å². The van der Waals surface area contributed by atoms with Crippen molar-refractivity contribution in [1.82, 2.24) is 15.4 Å². The predicted molar refractivity (Wildman–Crippen MR) is 79.9 cm³/mol. The lowest BCUT2D eigenvalue weighted by atomic mass is 10.0. The van der Waals surface area contributed by atoms with Gasteiger partial charge in [-0.05, 0) is 12.8 Å². The van der Waals surface area contributed by atoms with Gasteiger partial charge in [0.15, 0.2) is 5.82 Å². The maximum atomic E-state index is 12.3. The Morgan fingerprint density at radius 1 is 1.36 bits per heavy atom. The number of nitrogens with zero attached hydrogens (tertiary/aromatic N) is 2. The highest BCUT2D eigenvalue weighted by atomic mass is 16.5. The fourth-order valence-electron chi connectivity index (χ4n) is 1.87. The van der Waals surface area contributed by atoms with Crippen LogP contribution in [0.5, 0.6) is 0 Å². The summed E-state index contributed by atoms with van der Waals surface area (Å²) in [5.41, 5.74) is 0. The fraction of sp³-hybridized carbons (Fsp3) is 0.571. The van der Waals surface area contributed by atoms with Crippen molar-refractivity contribution in [1.29, 1.82) is 0 Å². The average molecular weight is 310 g/mol. The second-order valence-corrected chi connectivity index (χ2v) is 5.49. The van der Waals surface area contributed by atoms with E-state index >= 15 is 0 Å². The third kappa shape index (κ3) is 5.19. The van der Waals surface area contributed by atoms with E-state index in [2.05, 4.69) is 15.8 Å². The summed E-state index contributed by atoms with van der Waals surface area (Å²) in [5.74, 6) is -0.217. The van der Waals surface area contributed by atoms with Crippen LogP contribution in [-0.4, -0.2) is 47.4 Å².